The Kier molecular flexibility index (Phi) is 8.70. The molecule has 3 aliphatic rings. The minimum atomic E-state index is -2.84. The summed E-state index contributed by atoms with van der Waals surface area (Å²) < 4.78 is 55.4. The van der Waals surface area contributed by atoms with Gasteiger partial charge in [-0.25, -0.2) is 18.1 Å². The molecule has 0 spiro atoms. The Bertz CT molecular complexity index is 1740. The van der Waals surface area contributed by atoms with E-state index in [4.69, 9.17) is 18.9 Å². The van der Waals surface area contributed by atoms with Gasteiger partial charge in [0.15, 0.2) is 11.9 Å². The van der Waals surface area contributed by atoms with Crippen molar-refractivity contribution in [3.8, 4) is 5.75 Å². The molecule has 3 aromatic rings. The van der Waals surface area contributed by atoms with E-state index < -0.39 is 27.5 Å². The summed E-state index contributed by atoms with van der Waals surface area (Å²) in [5.74, 6) is -0.0648. The maximum Gasteiger partial charge on any atom is 0.264 e. The van der Waals surface area contributed by atoms with Crippen LogP contribution in [0.5, 0.6) is 5.75 Å². The standard InChI is InChI=1S/C30H37FN6O7S/c1-17(2)11-25(38)36-7-9-45(40,10-8-36)35-30(39)20-13-37-26(18(20)3)29(32-16-33-37)34-21-6-5-19(31)12-22(21)44-24-15-43-27-23(41-4)14-42-28(24)27/h5-6,9,12-13,16-17,23-24,27-28H,7-8,10-11,14-15H2,1-4H3,(H,32,33,34)(H,35,39,40). The van der Waals surface area contributed by atoms with Crippen LogP contribution in [0.4, 0.5) is 15.9 Å². The number of hydrogen-bond acceptors (Lipinski definition) is 10. The smallest absolute Gasteiger partial charge is 0.264 e. The minimum Gasteiger partial charge on any atom is -0.483 e. The molecule has 3 aliphatic heterocycles. The maximum absolute atomic E-state index is 14.4. The van der Waals surface area contributed by atoms with Gasteiger partial charge in [-0.2, -0.15) is 5.10 Å². The molecule has 6 rings (SSSR count). The summed E-state index contributed by atoms with van der Waals surface area (Å²) in [6.45, 7) is 6.82. The zero-order chi connectivity index (χ0) is 31.9. The third-order valence-electron chi connectivity index (χ3n) is 8.24. The second kappa shape index (κ2) is 12.5. The summed E-state index contributed by atoms with van der Waals surface area (Å²) >= 11 is 0. The number of nitrogens with one attached hydrogen (secondary N) is 2. The highest BCUT2D eigenvalue weighted by Crippen LogP contribution is 2.36. The molecule has 5 heterocycles. The van der Waals surface area contributed by atoms with Crippen molar-refractivity contribution in [3.05, 3.63) is 47.7 Å². The lowest BCUT2D eigenvalue weighted by atomic mass is 10.1. The Morgan fingerprint density at radius 3 is 2.67 bits per heavy atom. The number of halogens is 1. The Morgan fingerprint density at radius 2 is 1.96 bits per heavy atom. The number of ether oxygens (including phenoxy) is 4. The molecule has 2 amide bonds. The lowest BCUT2D eigenvalue weighted by Gasteiger charge is -2.28. The van der Waals surface area contributed by atoms with Gasteiger partial charge in [0.2, 0.25) is 5.91 Å². The number of benzene rings is 1. The normalized spacial score (nSPS) is 26.1. The monoisotopic (exact) mass is 644 g/mol. The van der Waals surface area contributed by atoms with Crippen molar-refractivity contribution in [1.82, 2.24) is 24.2 Å². The number of carbonyl (C=O) groups excluding carboxylic acids is 2. The van der Waals surface area contributed by atoms with E-state index in [1.54, 1.807) is 25.1 Å². The molecule has 1 aromatic carbocycles. The number of hydrogen-bond donors (Lipinski definition) is 2. The number of nitrogens with zero attached hydrogens (tertiary/aromatic N) is 4. The van der Waals surface area contributed by atoms with E-state index in [2.05, 4.69) is 20.1 Å². The molecule has 2 saturated heterocycles. The zero-order valence-electron chi connectivity index (χ0n) is 25.5. The lowest BCUT2D eigenvalue weighted by molar-refractivity contribution is -0.130. The van der Waals surface area contributed by atoms with Gasteiger partial charge in [0, 0.05) is 44.3 Å². The van der Waals surface area contributed by atoms with Crippen molar-refractivity contribution < 1.29 is 37.1 Å². The number of amides is 2. The van der Waals surface area contributed by atoms with Gasteiger partial charge < -0.3 is 29.2 Å². The number of carbonyl (C=O) groups is 2. The molecule has 0 bridgehead atoms. The van der Waals surface area contributed by atoms with Gasteiger partial charge in [-0.3, -0.25) is 14.3 Å². The van der Waals surface area contributed by atoms with Crippen LogP contribution in [-0.2, 0) is 28.7 Å². The molecule has 5 unspecified atom stereocenters. The number of anilines is 2. The topological polar surface area (TPSA) is 146 Å². The minimum absolute atomic E-state index is 0.00393. The summed E-state index contributed by atoms with van der Waals surface area (Å²) in [4.78, 5) is 31.9. The number of fused-ring (bicyclic) bond motifs is 2. The summed E-state index contributed by atoms with van der Waals surface area (Å²) in [6, 6.07) is 4.11. The first-order valence-corrected chi connectivity index (χ1v) is 16.6. The molecule has 0 radical (unpaired) electrons. The summed E-state index contributed by atoms with van der Waals surface area (Å²) in [5.41, 5.74) is 1.75. The van der Waals surface area contributed by atoms with E-state index in [0.29, 0.717) is 42.2 Å². The third kappa shape index (κ3) is 6.34. The van der Waals surface area contributed by atoms with Gasteiger partial charge in [-0.15, -0.1) is 0 Å². The van der Waals surface area contributed by atoms with E-state index in [9.17, 15) is 18.2 Å². The number of aryl methyl sites for hydroxylation is 1. The predicted octanol–water partition coefficient (Wildman–Crippen LogP) is 2.10. The SMILES string of the molecule is COC1COC2C(Oc3cc(F)ccc3Nc3ncnn4cc(C(=O)NS5(=O)=CCN(C(=O)CC(C)C)CC5)c(C)c34)COC12. The van der Waals surface area contributed by atoms with Crippen LogP contribution in [0.15, 0.2) is 30.7 Å². The molecule has 45 heavy (non-hydrogen) atoms. The van der Waals surface area contributed by atoms with Crippen molar-refractivity contribution in [3.63, 3.8) is 0 Å². The fourth-order valence-electron chi connectivity index (χ4n) is 5.84. The zero-order valence-corrected chi connectivity index (χ0v) is 26.3. The Balaban J connectivity index is 1.21. The van der Waals surface area contributed by atoms with Crippen molar-refractivity contribution >= 4 is 43.9 Å². The fraction of sp³-hybridized carbons (Fsp3) is 0.500. The van der Waals surface area contributed by atoms with E-state index in [-0.39, 0.29) is 60.4 Å². The van der Waals surface area contributed by atoms with Gasteiger partial charge >= 0.3 is 0 Å². The predicted molar refractivity (Wildman–Crippen MR) is 165 cm³/mol. The van der Waals surface area contributed by atoms with E-state index >= 15 is 0 Å². The first-order valence-electron chi connectivity index (χ1n) is 14.8. The number of rotatable bonds is 9. The van der Waals surface area contributed by atoms with Gasteiger partial charge in [-0.05, 0) is 30.5 Å². The second-order valence-corrected chi connectivity index (χ2v) is 14.2. The third-order valence-corrected chi connectivity index (χ3v) is 10.2. The van der Waals surface area contributed by atoms with E-state index in [0.717, 1.165) is 0 Å². The Morgan fingerprint density at radius 1 is 1.20 bits per heavy atom. The molecule has 0 saturated carbocycles. The summed E-state index contributed by atoms with van der Waals surface area (Å²) in [6.07, 6.45) is 1.97. The van der Waals surface area contributed by atoms with Crippen molar-refractivity contribution in [2.45, 2.75) is 51.6 Å². The van der Waals surface area contributed by atoms with Crippen molar-refractivity contribution in [1.29, 1.82) is 0 Å². The highest BCUT2D eigenvalue weighted by atomic mass is 32.2. The Hall–Kier alpha value is -3.79. The molecular formula is C30H37FN6O7S. The first kappa shape index (κ1) is 31.2. The van der Waals surface area contributed by atoms with Crippen LogP contribution in [0.1, 0.15) is 36.2 Å². The van der Waals surface area contributed by atoms with Crippen LogP contribution in [0, 0.1) is 18.7 Å². The number of aromatic nitrogens is 3. The van der Waals surface area contributed by atoms with Crippen LogP contribution in [0.2, 0.25) is 0 Å². The van der Waals surface area contributed by atoms with Gasteiger partial charge in [0.25, 0.3) is 5.91 Å². The van der Waals surface area contributed by atoms with Crippen molar-refractivity contribution in [2.75, 3.05) is 44.5 Å². The van der Waals surface area contributed by atoms with Gasteiger partial charge in [0.05, 0.1) is 39.9 Å². The molecule has 242 valence electrons. The Labute approximate surface area is 260 Å². The van der Waals surface area contributed by atoms with Crippen LogP contribution >= 0.6 is 0 Å². The molecule has 0 aliphatic carbocycles. The molecule has 2 N–H and O–H groups in total. The fourth-order valence-corrected chi connectivity index (χ4v) is 7.53. The van der Waals surface area contributed by atoms with Crippen LogP contribution in [0.3, 0.4) is 0 Å². The van der Waals surface area contributed by atoms with Gasteiger partial charge in [-0.1, -0.05) is 13.8 Å². The highest BCUT2D eigenvalue weighted by molar-refractivity contribution is 8.00. The van der Waals surface area contributed by atoms with E-state index in [1.165, 1.54) is 34.4 Å². The molecular weight excluding hydrogens is 607 g/mol. The summed E-state index contributed by atoms with van der Waals surface area (Å²) in [7, 11) is -1.24. The average molecular weight is 645 g/mol. The highest BCUT2D eigenvalue weighted by Gasteiger charge is 2.49. The quantitative estimate of drug-likeness (QED) is 0.332. The first-order chi connectivity index (χ1) is 21.5. The molecule has 2 fully saturated rings. The lowest BCUT2D eigenvalue weighted by Crippen LogP contribution is -2.47. The molecule has 15 heteroatoms. The average Bonchev–Trinajstić information content (AvgIpc) is 3.69. The largest absolute Gasteiger partial charge is 0.483 e. The molecule has 2 aromatic heterocycles. The van der Waals surface area contributed by atoms with Crippen LogP contribution < -0.4 is 14.8 Å². The van der Waals surface area contributed by atoms with E-state index in [1.807, 2.05) is 13.8 Å². The van der Waals surface area contributed by atoms with Crippen LogP contribution in [-0.4, -0.2) is 104 Å². The second-order valence-electron chi connectivity index (χ2n) is 11.8. The van der Waals surface area contributed by atoms with Gasteiger partial charge in [0.1, 0.15) is 41.7 Å². The molecule has 5 atom stereocenters. The van der Waals surface area contributed by atoms with Crippen molar-refractivity contribution in [2.24, 2.45) is 5.92 Å². The number of methoxy groups -OCH3 is 1. The molecule has 13 nitrogen and oxygen atoms in total. The summed E-state index contributed by atoms with van der Waals surface area (Å²) in [5, 5.41) is 8.99. The maximum atomic E-state index is 14.4. The van der Waals surface area contributed by atoms with Crippen LogP contribution in [0.25, 0.3) is 5.52 Å².